The molecule has 0 aliphatic carbocycles. The van der Waals surface area contributed by atoms with E-state index < -0.39 is 23.9 Å². The maximum absolute atomic E-state index is 13.2. The second kappa shape index (κ2) is 7.80. The van der Waals surface area contributed by atoms with Crippen molar-refractivity contribution < 1.29 is 18.0 Å². The predicted molar refractivity (Wildman–Crippen MR) is 104 cm³/mol. The molecule has 28 heavy (non-hydrogen) atoms. The van der Waals surface area contributed by atoms with Crippen LogP contribution in [0.25, 0.3) is 10.9 Å². The van der Waals surface area contributed by atoms with Gasteiger partial charge in [-0.25, -0.2) is 0 Å². The zero-order valence-corrected chi connectivity index (χ0v) is 15.8. The molecule has 7 heteroatoms. The summed E-state index contributed by atoms with van der Waals surface area (Å²) in [5.74, 6) is -0.711. The molecule has 0 fully saturated rings. The summed E-state index contributed by atoms with van der Waals surface area (Å²) in [4.78, 5) is 17.1. The Bertz CT molecular complexity index is 992. The first kappa shape index (κ1) is 20.1. The van der Waals surface area contributed by atoms with Crippen LogP contribution < -0.4 is 5.32 Å². The van der Waals surface area contributed by atoms with Crippen LogP contribution in [0.1, 0.15) is 18.9 Å². The number of fused-ring (bicyclic) bond motifs is 1. The summed E-state index contributed by atoms with van der Waals surface area (Å²) in [5, 5.41) is 3.74. The third-order valence-electron chi connectivity index (χ3n) is 4.50. The molecule has 0 spiro atoms. The van der Waals surface area contributed by atoms with Crippen molar-refractivity contribution in [3.05, 3.63) is 71.4 Å². The first-order valence-electron chi connectivity index (χ1n) is 8.63. The summed E-state index contributed by atoms with van der Waals surface area (Å²) in [6, 6.07) is 15.5. The summed E-state index contributed by atoms with van der Waals surface area (Å²) in [6.07, 6.45) is -4.35. The van der Waals surface area contributed by atoms with E-state index in [0.29, 0.717) is 27.2 Å². The number of amides is 1. The lowest BCUT2D eigenvalue weighted by Gasteiger charge is -2.29. The molecule has 1 unspecified atom stereocenters. The molecule has 3 aromatic rings. The van der Waals surface area contributed by atoms with E-state index in [1.54, 1.807) is 54.6 Å². The zero-order valence-electron chi connectivity index (χ0n) is 15.1. The highest BCUT2D eigenvalue weighted by Gasteiger charge is 2.44. The molecule has 1 N–H and O–H groups in total. The van der Waals surface area contributed by atoms with Gasteiger partial charge < -0.3 is 5.32 Å². The van der Waals surface area contributed by atoms with Crippen LogP contribution in [0.2, 0.25) is 5.02 Å². The third-order valence-corrected chi connectivity index (χ3v) is 4.80. The number of nitrogens with zero attached hydrogens (tertiary/aromatic N) is 1. The summed E-state index contributed by atoms with van der Waals surface area (Å²) >= 11 is 6.08. The molecule has 1 atom stereocenters. The number of alkyl halides is 3. The van der Waals surface area contributed by atoms with E-state index in [2.05, 4.69) is 10.3 Å². The maximum atomic E-state index is 13.2. The van der Waals surface area contributed by atoms with Crippen LogP contribution in [0.3, 0.4) is 0 Å². The van der Waals surface area contributed by atoms with E-state index in [9.17, 15) is 18.0 Å². The number of hydrogen-bond donors (Lipinski definition) is 1. The molecular weight excluding hydrogens is 389 g/mol. The Morgan fingerprint density at radius 3 is 2.50 bits per heavy atom. The molecule has 146 valence electrons. The lowest BCUT2D eigenvalue weighted by atomic mass is 9.79. The van der Waals surface area contributed by atoms with E-state index >= 15 is 0 Å². The van der Waals surface area contributed by atoms with E-state index in [1.165, 1.54) is 13.1 Å². The number of rotatable bonds is 5. The minimum absolute atomic E-state index is 0.0357. The van der Waals surface area contributed by atoms with Crippen molar-refractivity contribution in [2.75, 3.05) is 5.32 Å². The second-order valence-corrected chi connectivity index (χ2v) is 7.41. The van der Waals surface area contributed by atoms with Crippen molar-refractivity contribution in [2.45, 2.75) is 25.9 Å². The Kier molecular flexibility index (Phi) is 5.61. The highest BCUT2D eigenvalue weighted by atomic mass is 35.5. The van der Waals surface area contributed by atoms with Crippen LogP contribution in [0, 0.1) is 5.41 Å². The Labute approximate surface area is 165 Å². The number of aromatic nitrogens is 1. The SMILES string of the molecule is CC(Cc1ccccc1)(CC(F)(F)F)C(=O)Nc1cnc2c(Cl)cccc2c1. The van der Waals surface area contributed by atoms with Gasteiger partial charge in [-0.15, -0.1) is 0 Å². The number of carbonyl (C=O) groups is 1. The molecule has 0 aliphatic heterocycles. The van der Waals surface area contributed by atoms with Gasteiger partial charge in [0.25, 0.3) is 0 Å². The van der Waals surface area contributed by atoms with Gasteiger partial charge in [0.1, 0.15) is 0 Å². The van der Waals surface area contributed by atoms with E-state index in [1.807, 2.05) is 0 Å². The quantitative estimate of drug-likeness (QED) is 0.562. The molecule has 0 aliphatic rings. The monoisotopic (exact) mass is 406 g/mol. The molecule has 3 rings (SSSR count). The van der Waals surface area contributed by atoms with Gasteiger partial charge in [0.15, 0.2) is 0 Å². The fraction of sp³-hybridized carbons (Fsp3) is 0.238. The van der Waals surface area contributed by atoms with Gasteiger partial charge in [-0.3, -0.25) is 9.78 Å². The number of anilines is 1. The third kappa shape index (κ3) is 4.81. The minimum Gasteiger partial charge on any atom is -0.324 e. The van der Waals surface area contributed by atoms with Gasteiger partial charge in [0.2, 0.25) is 5.91 Å². The molecule has 0 saturated heterocycles. The zero-order chi connectivity index (χ0) is 20.4. The number of pyridine rings is 1. The van der Waals surface area contributed by atoms with Crippen LogP contribution in [0.4, 0.5) is 18.9 Å². The summed E-state index contributed by atoms with van der Waals surface area (Å²) in [6.45, 7) is 1.33. The van der Waals surface area contributed by atoms with Crippen LogP contribution in [0.15, 0.2) is 60.8 Å². The molecule has 1 heterocycles. The van der Waals surface area contributed by atoms with Crippen molar-refractivity contribution >= 4 is 34.1 Å². The smallest absolute Gasteiger partial charge is 0.324 e. The Hall–Kier alpha value is -2.60. The molecule has 2 aromatic carbocycles. The number of para-hydroxylation sites is 1. The normalized spacial score (nSPS) is 13.9. The molecule has 1 amide bonds. The van der Waals surface area contributed by atoms with Gasteiger partial charge in [-0.05, 0) is 24.1 Å². The van der Waals surface area contributed by atoms with Crippen molar-refractivity contribution in [3.8, 4) is 0 Å². The lowest BCUT2D eigenvalue weighted by Crippen LogP contribution is -2.39. The Morgan fingerprint density at radius 1 is 1.11 bits per heavy atom. The number of nitrogens with one attached hydrogen (secondary N) is 1. The topological polar surface area (TPSA) is 42.0 Å². The summed E-state index contributed by atoms with van der Waals surface area (Å²) in [5.41, 5.74) is -0.123. The molecular formula is C21H18ClF3N2O. The van der Waals surface area contributed by atoms with Gasteiger partial charge in [0, 0.05) is 5.39 Å². The molecule has 0 radical (unpaired) electrons. The minimum atomic E-state index is -4.48. The van der Waals surface area contributed by atoms with Gasteiger partial charge >= 0.3 is 6.18 Å². The van der Waals surface area contributed by atoms with Crippen LogP contribution in [0.5, 0.6) is 0 Å². The maximum Gasteiger partial charge on any atom is 0.390 e. The first-order valence-corrected chi connectivity index (χ1v) is 9.00. The lowest BCUT2D eigenvalue weighted by molar-refractivity contribution is -0.164. The van der Waals surface area contributed by atoms with Crippen molar-refractivity contribution in [1.29, 1.82) is 0 Å². The van der Waals surface area contributed by atoms with E-state index in [4.69, 9.17) is 11.6 Å². The number of carbonyl (C=O) groups excluding carboxylic acids is 1. The fourth-order valence-corrected chi connectivity index (χ4v) is 3.42. The molecule has 3 nitrogen and oxygen atoms in total. The largest absolute Gasteiger partial charge is 0.390 e. The standard InChI is InChI=1S/C21H18ClF3N2O/c1-20(13-21(23,24)25,11-14-6-3-2-4-7-14)19(28)27-16-10-15-8-5-9-17(22)18(15)26-12-16/h2-10,12H,11,13H2,1H3,(H,27,28). The highest BCUT2D eigenvalue weighted by Crippen LogP contribution is 2.37. The summed E-state index contributed by atoms with van der Waals surface area (Å²) in [7, 11) is 0. The first-order chi connectivity index (χ1) is 13.2. The van der Waals surface area contributed by atoms with Crippen LogP contribution in [-0.2, 0) is 11.2 Å². The fourth-order valence-electron chi connectivity index (χ4n) is 3.19. The van der Waals surface area contributed by atoms with Crippen molar-refractivity contribution in [1.82, 2.24) is 4.98 Å². The average Bonchev–Trinajstić information content (AvgIpc) is 2.61. The molecule has 0 bridgehead atoms. The highest BCUT2D eigenvalue weighted by molar-refractivity contribution is 6.35. The van der Waals surface area contributed by atoms with Crippen LogP contribution in [-0.4, -0.2) is 17.1 Å². The Morgan fingerprint density at radius 2 is 1.82 bits per heavy atom. The van der Waals surface area contributed by atoms with Crippen molar-refractivity contribution in [3.63, 3.8) is 0 Å². The number of benzene rings is 2. The van der Waals surface area contributed by atoms with Gasteiger partial charge in [0.05, 0.1) is 34.3 Å². The van der Waals surface area contributed by atoms with Crippen molar-refractivity contribution in [2.24, 2.45) is 5.41 Å². The van der Waals surface area contributed by atoms with Crippen LogP contribution >= 0.6 is 11.6 Å². The average molecular weight is 407 g/mol. The number of hydrogen-bond acceptors (Lipinski definition) is 2. The van der Waals surface area contributed by atoms with E-state index in [0.717, 1.165) is 0 Å². The Balaban J connectivity index is 1.88. The van der Waals surface area contributed by atoms with Gasteiger partial charge in [-0.2, -0.15) is 13.2 Å². The predicted octanol–water partition coefficient (Wildman–Crippen LogP) is 6.03. The second-order valence-electron chi connectivity index (χ2n) is 7.00. The van der Waals surface area contributed by atoms with E-state index in [-0.39, 0.29) is 6.42 Å². The molecule has 0 saturated carbocycles. The summed E-state index contributed by atoms with van der Waals surface area (Å²) < 4.78 is 39.6. The van der Waals surface area contributed by atoms with Gasteiger partial charge in [-0.1, -0.05) is 61.0 Å². The molecule has 1 aromatic heterocycles. The number of halogens is 4.